The van der Waals surface area contributed by atoms with Crippen molar-refractivity contribution in [2.45, 2.75) is 69.5 Å². The first-order valence-electron chi connectivity index (χ1n) is 8.09. The molecule has 0 aromatic carbocycles. The summed E-state index contributed by atoms with van der Waals surface area (Å²) in [5, 5.41) is -0.0775. The lowest BCUT2D eigenvalue weighted by molar-refractivity contribution is 0.0603. The molecule has 0 spiro atoms. The number of hydrogen-bond donors (Lipinski definition) is 0. The molecule has 2 saturated carbocycles. The molecule has 0 bridgehead atoms. The molecule has 4 nitrogen and oxygen atoms in total. The minimum atomic E-state index is -2.89. The minimum Gasteiger partial charge on any atom is -0.349 e. The normalized spacial score (nSPS) is 37.9. The van der Waals surface area contributed by atoms with Crippen LogP contribution >= 0.6 is 0 Å². The molecule has 1 aliphatic heterocycles. The predicted octanol–water partition coefficient (Wildman–Crippen LogP) is 2.52. The Morgan fingerprint density at radius 2 is 1.80 bits per heavy atom. The minimum absolute atomic E-state index is 0.0775. The van der Waals surface area contributed by atoms with E-state index in [4.69, 9.17) is 9.47 Å². The molecule has 5 heteroatoms. The fourth-order valence-electron chi connectivity index (χ4n) is 3.38. The molecule has 116 valence electrons. The van der Waals surface area contributed by atoms with E-state index in [1.54, 1.807) is 0 Å². The van der Waals surface area contributed by atoms with E-state index < -0.39 is 9.84 Å². The highest BCUT2D eigenvalue weighted by molar-refractivity contribution is 7.92. The summed E-state index contributed by atoms with van der Waals surface area (Å²) in [4.78, 5) is 0. The van der Waals surface area contributed by atoms with Gasteiger partial charge in [-0.05, 0) is 37.5 Å². The molecular formula is C15H26O4S. The molecule has 3 fully saturated rings. The number of ether oxygens (including phenoxy) is 2. The molecule has 1 saturated heterocycles. The first kappa shape index (κ1) is 14.8. The van der Waals surface area contributed by atoms with Crippen molar-refractivity contribution in [2.75, 3.05) is 12.4 Å². The van der Waals surface area contributed by atoms with Gasteiger partial charge in [0.15, 0.2) is 16.1 Å². The summed E-state index contributed by atoms with van der Waals surface area (Å²) in [7, 11) is -2.89. The van der Waals surface area contributed by atoms with Gasteiger partial charge in [-0.15, -0.1) is 0 Å². The molecule has 0 aromatic rings. The highest BCUT2D eigenvalue weighted by Crippen LogP contribution is 2.41. The molecule has 0 radical (unpaired) electrons. The van der Waals surface area contributed by atoms with E-state index >= 15 is 0 Å². The van der Waals surface area contributed by atoms with Crippen LogP contribution in [0.15, 0.2) is 0 Å². The smallest absolute Gasteiger partial charge is 0.184 e. The van der Waals surface area contributed by atoms with E-state index in [0.29, 0.717) is 12.5 Å². The molecule has 3 aliphatic rings. The van der Waals surface area contributed by atoms with Gasteiger partial charge in [-0.25, -0.2) is 8.42 Å². The maximum atomic E-state index is 11.7. The third-order valence-electron chi connectivity index (χ3n) is 5.10. The van der Waals surface area contributed by atoms with Crippen molar-refractivity contribution in [3.8, 4) is 0 Å². The Bertz CT molecular complexity index is 421. The topological polar surface area (TPSA) is 55.9 Å². The summed E-state index contributed by atoms with van der Waals surface area (Å²) in [5.41, 5.74) is 0. The largest absolute Gasteiger partial charge is 0.349 e. The maximum absolute atomic E-state index is 11.7. The zero-order chi connectivity index (χ0) is 14.2. The first-order chi connectivity index (χ1) is 9.60. The van der Waals surface area contributed by atoms with E-state index in [2.05, 4.69) is 6.92 Å². The number of hydrogen-bond acceptors (Lipinski definition) is 4. The summed E-state index contributed by atoms with van der Waals surface area (Å²) >= 11 is 0. The fourth-order valence-corrected chi connectivity index (χ4v) is 4.89. The SMILES string of the molecule is CCC1CCC([C@@H]2OC2OCCS(=O)(=O)C2CC2)CC1. The summed E-state index contributed by atoms with van der Waals surface area (Å²) in [6.07, 6.45) is 8.17. The second-order valence-corrected chi connectivity index (χ2v) is 9.00. The van der Waals surface area contributed by atoms with Crippen LogP contribution < -0.4 is 0 Å². The molecular weight excluding hydrogens is 276 g/mol. The molecule has 1 heterocycles. The van der Waals surface area contributed by atoms with E-state index in [-0.39, 0.29) is 23.4 Å². The molecule has 2 atom stereocenters. The Morgan fingerprint density at radius 1 is 1.10 bits per heavy atom. The van der Waals surface area contributed by atoms with Crippen LogP contribution in [0, 0.1) is 11.8 Å². The number of sulfone groups is 1. The monoisotopic (exact) mass is 302 g/mol. The highest BCUT2D eigenvalue weighted by Gasteiger charge is 2.47. The van der Waals surface area contributed by atoms with E-state index in [9.17, 15) is 8.42 Å². The van der Waals surface area contributed by atoms with Crippen molar-refractivity contribution in [1.29, 1.82) is 0 Å². The molecule has 2 aliphatic carbocycles. The van der Waals surface area contributed by atoms with Gasteiger partial charge in [-0.3, -0.25) is 0 Å². The van der Waals surface area contributed by atoms with Crippen molar-refractivity contribution in [2.24, 2.45) is 11.8 Å². The van der Waals surface area contributed by atoms with Gasteiger partial charge in [0, 0.05) is 0 Å². The third-order valence-corrected chi connectivity index (χ3v) is 7.32. The van der Waals surface area contributed by atoms with Crippen molar-refractivity contribution in [3.63, 3.8) is 0 Å². The molecule has 0 aromatic heterocycles. The second-order valence-electron chi connectivity index (χ2n) is 6.60. The maximum Gasteiger partial charge on any atom is 0.184 e. The van der Waals surface area contributed by atoms with E-state index in [1.165, 1.54) is 32.1 Å². The number of rotatable bonds is 7. The van der Waals surface area contributed by atoms with E-state index in [1.807, 2.05) is 0 Å². The standard InChI is InChI=1S/C15H26O4S/c1-2-11-3-5-12(6-4-11)14-15(19-14)18-9-10-20(16,17)13-7-8-13/h11-15H,2-10H2,1H3/t11?,12?,14-,15?/m0/s1. The molecule has 0 amide bonds. The Hall–Kier alpha value is -0.130. The Morgan fingerprint density at radius 3 is 2.40 bits per heavy atom. The zero-order valence-electron chi connectivity index (χ0n) is 12.3. The lowest BCUT2D eigenvalue weighted by atomic mass is 9.79. The summed E-state index contributed by atoms with van der Waals surface area (Å²) in [6.45, 7) is 2.56. The molecule has 20 heavy (non-hydrogen) atoms. The molecule has 1 unspecified atom stereocenters. The predicted molar refractivity (Wildman–Crippen MR) is 77.2 cm³/mol. The third kappa shape index (κ3) is 3.55. The van der Waals surface area contributed by atoms with Gasteiger partial charge in [0.05, 0.1) is 17.6 Å². The van der Waals surface area contributed by atoms with Crippen molar-refractivity contribution >= 4 is 9.84 Å². The van der Waals surface area contributed by atoms with Crippen LogP contribution in [0.4, 0.5) is 0 Å². The average molecular weight is 302 g/mol. The van der Waals surface area contributed by atoms with Crippen LogP contribution in [0.25, 0.3) is 0 Å². The van der Waals surface area contributed by atoms with Gasteiger partial charge in [0.1, 0.15) is 6.10 Å². The quantitative estimate of drug-likeness (QED) is 0.678. The Kier molecular flexibility index (Phi) is 4.39. The van der Waals surface area contributed by atoms with Gasteiger partial charge in [-0.2, -0.15) is 0 Å². The van der Waals surface area contributed by atoms with Crippen LogP contribution in [-0.4, -0.2) is 38.4 Å². The molecule has 0 N–H and O–H groups in total. The second kappa shape index (κ2) is 5.93. The van der Waals surface area contributed by atoms with Crippen molar-refractivity contribution in [1.82, 2.24) is 0 Å². The lowest BCUT2D eigenvalue weighted by Gasteiger charge is -2.26. The number of epoxide rings is 1. The Labute approximate surface area is 122 Å². The molecule has 3 rings (SSSR count). The first-order valence-corrected chi connectivity index (χ1v) is 9.80. The summed E-state index contributed by atoms with van der Waals surface area (Å²) < 4.78 is 34.6. The van der Waals surface area contributed by atoms with Crippen LogP contribution in [0.3, 0.4) is 0 Å². The van der Waals surface area contributed by atoms with Crippen LogP contribution in [0.2, 0.25) is 0 Å². The lowest BCUT2D eigenvalue weighted by Crippen LogP contribution is -2.21. The Balaban J connectivity index is 1.33. The van der Waals surface area contributed by atoms with Crippen LogP contribution in [0.1, 0.15) is 51.9 Å². The van der Waals surface area contributed by atoms with Gasteiger partial charge in [-0.1, -0.05) is 26.2 Å². The highest BCUT2D eigenvalue weighted by atomic mass is 32.2. The van der Waals surface area contributed by atoms with Gasteiger partial charge >= 0.3 is 0 Å². The average Bonchev–Trinajstić information content (AvgIpc) is 3.31. The fraction of sp³-hybridized carbons (Fsp3) is 1.00. The van der Waals surface area contributed by atoms with Crippen LogP contribution in [-0.2, 0) is 19.3 Å². The summed E-state index contributed by atoms with van der Waals surface area (Å²) in [6, 6.07) is 0. The zero-order valence-corrected chi connectivity index (χ0v) is 13.1. The van der Waals surface area contributed by atoms with Gasteiger partial charge in [0.25, 0.3) is 0 Å². The summed E-state index contributed by atoms with van der Waals surface area (Å²) in [5.74, 6) is 1.68. The van der Waals surface area contributed by atoms with Gasteiger partial charge < -0.3 is 9.47 Å². The van der Waals surface area contributed by atoms with Crippen molar-refractivity contribution in [3.05, 3.63) is 0 Å². The van der Waals surface area contributed by atoms with Gasteiger partial charge in [0.2, 0.25) is 0 Å². The van der Waals surface area contributed by atoms with Crippen molar-refractivity contribution < 1.29 is 17.9 Å². The van der Waals surface area contributed by atoms with E-state index in [0.717, 1.165) is 18.8 Å². The van der Waals surface area contributed by atoms with Crippen LogP contribution in [0.5, 0.6) is 0 Å².